The van der Waals surface area contributed by atoms with Crippen LogP contribution in [0.15, 0.2) is 36.9 Å². The Morgan fingerprint density at radius 2 is 2.06 bits per heavy atom. The molecule has 18 heavy (non-hydrogen) atoms. The van der Waals surface area contributed by atoms with Crippen molar-refractivity contribution in [1.82, 2.24) is 4.90 Å². The Hall–Kier alpha value is -1.32. The molecule has 0 atom stereocenters. The minimum atomic E-state index is -0.689. The third kappa shape index (κ3) is 5.34. The predicted molar refractivity (Wildman–Crippen MR) is 74.8 cm³/mol. The number of hydrogen-bond acceptors (Lipinski definition) is 3. The van der Waals surface area contributed by atoms with E-state index >= 15 is 0 Å². The molecule has 0 aliphatic rings. The van der Waals surface area contributed by atoms with E-state index in [1.807, 2.05) is 45.2 Å². The molecule has 3 heteroatoms. The first kappa shape index (κ1) is 14.7. The lowest BCUT2D eigenvalue weighted by molar-refractivity contribution is 0.0422. The van der Waals surface area contributed by atoms with Crippen molar-refractivity contribution in [3.05, 3.63) is 42.5 Å². The summed E-state index contributed by atoms with van der Waals surface area (Å²) in [7, 11) is 1.99. The quantitative estimate of drug-likeness (QED) is 0.753. The molecule has 0 spiro atoms. The molecule has 0 bridgehead atoms. The molecule has 0 unspecified atom stereocenters. The van der Waals surface area contributed by atoms with E-state index in [0.717, 1.165) is 17.9 Å². The summed E-state index contributed by atoms with van der Waals surface area (Å²) in [6, 6.07) is 7.95. The highest BCUT2D eigenvalue weighted by Gasteiger charge is 2.16. The average Bonchev–Trinajstić information content (AvgIpc) is 2.25. The van der Waals surface area contributed by atoms with Crippen molar-refractivity contribution in [2.24, 2.45) is 0 Å². The van der Waals surface area contributed by atoms with Crippen molar-refractivity contribution >= 4 is 0 Å². The topological polar surface area (TPSA) is 32.7 Å². The molecule has 0 aromatic heterocycles. The first-order valence-electron chi connectivity index (χ1n) is 6.15. The number of rotatable bonds is 7. The van der Waals surface area contributed by atoms with Gasteiger partial charge in [-0.2, -0.15) is 0 Å². The van der Waals surface area contributed by atoms with Crippen LogP contribution in [0.2, 0.25) is 0 Å². The Labute approximate surface area is 110 Å². The normalized spacial score (nSPS) is 11.6. The van der Waals surface area contributed by atoms with Crippen LogP contribution < -0.4 is 4.74 Å². The molecule has 0 aliphatic carbocycles. The zero-order valence-electron chi connectivity index (χ0n) is 11.5. The number of likely N-dealkylation sites (N-methyl/N-ethyl adjacent to an activating group) is 1. The maximum atomic E-state index is 9.79. The molecule has 1 aromatic carbocycles. The van der Waals surface area contributed by atoms with Gasteiger partial charge in [-0.1, -0.05) is 30.9 Å². The van der Waals surface area contributed by atoms with E-state index in [1.54, 1.807) is 6.08 Å². The monoisotopic (exact) mass is 249 g/mol. The number of hydrogen-bond donors (Lipinski definition) is 1. The van der Waals surface area contributed by atoms with Gasteiger partial charge in [0.2, 0.25) is 0 Å². The molecular weight excluding hydrogens is 226 g/mol. The molecule has 1 rings (SSSR count). The highest BCUT2D eigenvalue weighted by atomic mass is 16.5. The standard InChI is InChI=1S/C15H23NO2/c1-5-10-18-14-9-7-6-8-13(14)11-16(4)12-15(2,3)17/h5-9,17H,1,10-12H2,2-4H3. The summed E-state index contributed by atoms with van der Waals surface area (Å²) in [4.78, 5) is 2.08. The Bertz CT molecular complexity index is 382. The Balaban J connectivity index is 2.68. The Morgan fingerprint density at radius 1 is 1.39 bits per heavy atom. The largest absolute Gasteiger partial charge is 0.489 e. The summed E-state index contributed by atoms with van der Waals surface area (Å²) in [5, 5.41) is 9.79. The second-order valence-electron chi connectivity index (χ2n) is 5.19. The number of ether oxygens (including phenoxy) is 1. The van der Waals surface area contributed by atoms with Gasteiger partial charge < -0.3 is 9.84 Å². The lowest BCUT2D eigenvalue weighted by Crippen LogP contribution is -2.35. The average molecular weight is 249 g/mol. The lowest BCUT2D eigenvalue weighted by Gasteiger charge is -2.26. The molecule has 100 valence electrons. The molecular formula is C15H23NO2. The maximum Gasteiger partial charge on any atom is 0.124 e. The second-order valence-corrected chi connectivity index (χ2v) is 5.19. The smallest absolute Gasteiger partial charge is 0.124 e. The van der Waals surface area contributed by atoms with Gasteiger partial charge in [-0.3, -0.25) is 4.90 Å². The molecule has 1 aromatic rings. The summed E-state index contributed by atoms with van der Waals surface area (Å²) >= 11 is 0. The van der Waals surface area contributed by atoms with E-state index in [2.05, 4.69) is 11.5 Å². The maximum absolute atomic E-state index is 9.79. The van der Waals surface area contributed by atoms with Gasteiger partial charge in [-0.25, -0.2) is 0 Å². The molecule has 1 N–H and O–H groups in total. The number of nitrogens with zero attached hydrogens (tertiary/aromatic N) is 1. The third-order valence-corrected chi connectivity index (χ3v) is 2.43. The van der Waals surface area contributed by atoms with Crippen LogP contribution in [0.3, 0.4) is 0 Å². The summed E-state index contributed by atoms with van der Waals surface area (Å²) < 4.78 is 5.61. The van der Waals surface area contributed by atoms with Crippen LogP contribution in [0.5, 0.6) is 5.75 Å². The molecule has 0 saturated carbocycles. The van der Waals surface area contributed by atoms with Gasteiger partial charge in [-0.05, 0) is 27.0 Å². The van der Waals surface area contributed by atoms with E-state index in [-0.39, 0.29) is 0 Å². The first-order valence-corrected chi connectivity index (χ1v) is 6.15. The summed E-state index contributed by atoms with van der Waals surface area (Å²) in [6.45, 7) is 9.13. The minimum Gasteiger partial charge on any atom is -0.489 e. The summed E-state index contributed by atoms with van der Waals surface area (Å²) in [5.74, 6) is 0.875. The van der Waals surface area contributed by atoms with Gasteiger partial charge in [0.05, 0.1) is 5.60 Å². The van der Waals surface area contributed by atoms with Crippen molar-refractivity contribution in [3.8, 4) is 5.75 Å². The van der Waals surface area contributed by atoms with Crippen LogP contribution in [-0.4, -0.2) is 35.8 Å². The molecule has 0 amide bonds. The van der Waals surface area contributed by atoms with Gasteiger partial charge in [-0.15, -0.1) is 0 Å². The number of aliphatic hydroxyl groups is 1. The first-order chi connectivity index (χ1) is 8.42. The molecule has 0 fully saturated rings. The van der Waals surface area contributed by atoms with E-state index in [1.165, 1.54) is 0 Å². The molecule has 3 nitrogen and oxygen atoms in total. The Kier molecular flexibility index (Phi) is 5.38. The van der Waals surface area contributed by atoms with Crippen LogP contribution in [0, 0.1) is 0 Å². The van der Waals surface area contributed by atoms with E-state index in [4.69, 9.17) is 4.74 Å². The van der Waals surface area contributed by atoms with Crippen molar-refractivity contribution in [2.45, 2.75) is 26.0 Å². The predicted octanol–water partition coefficient (Wildman–Crippen LogP) is 2.45. The molecule has 0 aliphatic heterocycles. The van der Waals surface area contributed by atoms with E-state index in [9.17, 15) is 5.11 Å². The van der Waals surface area contributed by atoms with Crippen molar-refractivity contribution in [3.63, 3.8) is 0 Å². The van der Waals surface area contributed by atoms with E-state index in [0.29, 0.717) is 13.2 Å². The van der Waals surface area contributed by atoms with Crippen LogP contribution in [0.1, 0.15) is 19.4 Å². The van der Waals surface area contributed by atoms with Crippen LogP contribution in [-0.2, 0) is 6.54 Å². The Morgan fingerprint density at radius 3 is 2.67 bits per heavy atom. The zero-order chi connectivity index (χ0) is 13.6. The third-order valence-electron chi connectivity index (χ3n) is 2.43. The fourth-order valence-electron chi connectivity index (χ4n) is 1.93. The number of para-hydroxylation sites is 1. The summed E-state index contributed by atoms with van der Waals surface area (Å²) in [6.07, 6.45) is 1.73. The van der Waals surface area contributed by atoms with Gasteiger partial charge in [0.1, 0.15) is 12.4 Å². The van der Waals surface area contributed by atoms with Crippen molar-refractivity contribution < 1.29 is 9.84 Å². The fraction of sp³-hybridized carbons (Fsp3) is 0.467. The van der Waals surface area contributed by atoms with E-state index < -0.39 is 5.60 Å². The molecule has 0 heterocycles. The van der Waals surface area contributed by atoms with Crippen LogP contribution in [0.4, 0.5) is 0 Å². The highest BCUT2D eigenvalue weighted by molar-refractivity contribution is 5.33. The molecule has 0 radical (unpaired) electrons. The fourth-order valence-corrected chi connectivity index (χ4v) is 1.93. The summed E-state index contributed by atoms with van der Waals surface area (Å²) in [5.41, 5.74) is 0.428. The SMILES string of the molecule is C=CCOc1ccccc1CN(C)CC(C)(C)O. The van der Waals surface area contributed by atoms with Gasteiger partial charge in [0.15, 0.2) is 0 Å². The van der Waals surface area contributed by atoms with Gasteiger partial charge >= 0.3 is 0 Å². The lowest BCUT2D eigenvalue weighted by atomic mass is 10.1. The minimum absolute atomic E-state index is 0.506. The van der Waals surface area contributed by atoms with Crippen LogP contribution in [0.25, 0.3) is 0 Å². The number of benzene rings is 1. The zero-order valence-corrected chi connectivity index (χ0v) is 11.5. The molecule has 0 saturated heterocycles. The van der Waals surface area contributed by atoms with Crippen LogP contribution >= 0.6 is 0 Å². The van der Waals surface area contributed by atoms with Gasteiger partial charge in [0, 0.05) is 18.7 Å². The van der Waals surface area contributed by atoms with Gasteiger partial charge in [0.25, 0.3) is 0 Å². The second kappa shape index (κ2) is 6.57. The van der Waals surface area contributed by atoms with Crippen molar-refractivity contribution in [2.75, 3.05) is 20.2 Å². The highest BCUT2D eigenvalue weighted by Crippen LogP contribution is 2.20. The van der Waals surface area contributed by atoms with Crippen molar-refractivity contribution in [1.29, 1.82) is 0 Å².